The van der Waals surface area contributed by atoms with Gasteiger partial charge in [-0.1, -0.05) is 19.8 Å². The van der Waals surface area contributed by atoms with Crippen molar-refractivity contribution in [3.8, 4) is 6.01 Å². The van der Waals surface area contributed by atoms with Crippen LogP contribution in [0.2, 0.25) is 5.28 Å². The molecule has 0 bridgehead atoms. The van der Waals surface area contributed by atoms with Gasteiger partial charge in [0.15, 0.2) is 0 Å². The largest absolute Gasteiger partial charge is 0.461 e. The average Bonchev–Trinajstić information content (AvgIpc) is 2.24. The van der Waals surface area contributed by atoms with Gasteiger partial charge in [-0.05, 0) is 38.8 Å². The molecule has 1 aromatic rings. The number of ether oxygens (including phenoxy) is 1. The minimum absolute atomic E-state index is 0.00818. The monoisotopic (exact) mass is 272 g/mol. The van der Waals surface area contributed by atoms with E-state index in [2.05, 4.69) is 34.1 Å². The summed E-state index contributed by atoms with van der Waals surface area (Å²) in [6.07, 6.45) is 3.42. The van der Waals surface area contributed by atoms with E-state index in [-0.39, 0.29) is 17.4 Å². The summed E-state index contributed by atoms with van der Waals surface area (Å²) in [5, 5.41) is 3.35. The van der Waals surface area contributed by atoms with Crippen LogP contribution in [-0.2, 0) is 0 Å². The standard InChI is InChI=1S/C12H21ClN4O/c1-5-6-7-9(4)14-11-15-10(13)16-12(17-11)18-8(2)3/h8-9H,5-7H2,1-4H3,(H,14,15,16,17). The van der Waals surface area contributed by atoms with Crippen molar-refractivity contribution in [3.05, 3.63) is 5.28 Å². The first-order valence-electron chi connectivity index (χ1n) is 6.36. The van der Waals surface area contributed by atoms with Crippen molar-refractivity contribution < 1.29 is 4.74 Å². The predicted molar refractivity (Wildman–Crippen MR) is 73.2 cm³/mol. The Labute approximate surface area is 113 Å². The van der Waals surface area contributed by atoms with Gasteiger partial charge >= 0.3 is 6.01 Å². The molecule has 102 valence electrons. The first kappa shape index (κ1) is 15.0. The highest BCUT2D eigenvalue weighted by molar-refractivity contribution is 6.28. The Morgan fingerprint density at radius 2 is 1.94 bits per heavy atom. The van der Waals surface area contributed by atoms with Crippen molar-refractivity contribution in [2.75, 3.05) is 5.32 Å². The van der Waals surface area contributed by atoms with Gasteiger partial charge in [-0.25, -0.2) is 0 Å². The summed E-state index contributed by atoms with van der Waals surface area (Å²) in [6.45, 7) is 8.08. The molecule has 1 rings (SSSR count). The van der Waals surface area contributed by atoms with Gasteiger partial charge in [0, 0.05) is 6.04 Å². The van der Waals surface area contributed by atoms with Gasteiger partial charge in [0.25, 0.3) is 0 Å². The van der Waals surface area contributed by atoms with Crippen molar-refractivity contribution >= 4 is 17.5 Å². The third-order valence-electron chi connectivity index (χ3n) is 2.29. The summed E-state index contributed by atoms with van der Waals surface area (Å²) in [6, 6.07) is 0.561. The Morgan fingerprint density at radius 3 is 2.56 bits per heavy atom. The normalized spacial score (nSPS) is 12.6. The molecule has 0 fully saturated rings. The Bertz CT molecular complexity index is 373. The highest BCUT2D eigenvalue weighted by Crippen LogP contribution is 2.14. The molecule has 5 nitrogen and oxygen atoms in total. The summed E-state index contributed by atoms with van der Waals surface area (Å²) < 4.78 is 5.41. The topological polar surface area (TPSA) is 59.9 Å². The van der Waals surface area contributed by atoms with Crippen LogP contribution in [0.1, 0.15) is 47.0 Å². The molecule has 1 atom stereocenters. The van der Waals surface area contributed by atoms with E-state index < -0.39 is 0 Å². The average molecular weight is 273 g/mol. The number of anilines is 1. The van der Waals surface area contributed by atoms with Crippen LogP contribution in [-0.4, -0.2) is 27.1 Å². The lowest BCUT2D eigenvalue weighted by molar-refractivity contribution is 0.222. The van der Waals surface area contributed by atoms with Crippen LogP contribution in [0.15, 0.2) is 0 Å². The van der Waals surface area contributed by atoms with E-state index >= 15 is 0 Å². The molecule has 0 aromatic carbocycles. The summed E-state index contributed by atoms with van der Waals surface area (Å²) in [7, 11) is 0. The second-order valence-electron chi connectivity index (χ2n) is 4.56. The molecule has 1 unspecified atom stereocenters. The molecule has 0 amide bonds. The van der Waals surface area contributed by atoms with Gasteiger partial charge in [-0.3, -0.25) is 0 Å². The van der Waals surface area contributed by atoms with Crippen LogP contribution < -0.4 is 10.1 Å². The number of unbranched alkanes of at least 4 members (excludes halogenated alkanes) is 1. The molecule has 0 spiro atoms. The molecule has 0 saturated heterocycles. The quantitative estimate of drug-likeness (QED) is 0.825. The number of nitrogens with zero attached hydrogens (tertiary/aromatic N) is 3. The molecule has 18 heavy (non-hydrogen) atoms. The highest BCUT2D eigenvalue weighted by atomic mass is 35.5. The summed E-state index contributed by atoms with van der Waals surface area (Å²) >= 11 is 5.84. The second-order valence-corrected chi connectivity index (χ2v) is 4.90. The van der Waals surface area contributed by atoms with E-state index in [0.717, 1.165) is 6.42 Å². The lowest BCUT2D eigenvalue weighted by Gasteiger charge is -2.14. The maximum absolute atomic E-state index is 5.84. The lowest BCUT2D eigenvalue weighted by atomic mass is 10.1. The SMILES string of the molecule is CCCCC(C)Nc1nc(Cl)nc(OC(C)C)n1. The van der Waals surface area contributed by atoms with Gasteiger partial charge in [-0.2, -0.15) is 15.0 Å². The fourth-order valence-electron chi connectivity index (χ4n) is 1.46. The number of nitrogens with one attached hydrogen (secondary N) is 1. The van der Waals surface area contributed by atoms with Gasteiger partial charge < -0.3 is 10.1 Å². The predicted octanol–water partition coefficient (Wildman–Crippen LogP) is 3.30. The molecule has 0 aliphatic carbocycles. The number of halogens is 1. The molecule has 6 heteroatoms. The van der Waals surface area contributed by atoms with E-state index in [1.807, 2.05) is 13.8 Å². The number of aromatic nitrogens is 3. The maximum atomic E-state index is 5.84. The van der Waals surface area contributed by atoms with Crippen molar-refractivity contribution in [2.45, 2.75) is 59.1 Å². The second kappa shape index (κ2) is 7.36. The zero-order valence-corrected chi connectivity index (χ0v) is 12.2. The van der Waals surface area contributed by atoms with Crippen LogP contribution in [0.3, 0.4) is 0 Å². The number of hydrogen-bond donors (Lipinski definition) is 1. The molecule has 1 aromatic heterocycles. The molecule has 1 heterocycles. The Hall–Kier alpha value is -1.10. The van der Waals surface area contributed by atoms with Crippen LogP contribution in [0, 0.1) is 0 Å². The third kappa shape index (κ3) is 5.49. The molecular formula is C12H21ClN4O. The molecule has 0 saturated carbocycles. The lowest BCUT2D eigenvalue weighted by Crippen LogP contribution is -2.18. The first-order chi connectivity index (χ1) is 8.51. The van der Waals surface area contributed by atoms with Crippen LogP contribution in [0.25, 0.3) is 0 Å². The van der Waals surface area contributed by atoms with Gasteiger partial charge in [0.2, 0.25) is 11.2 Å². The summed E-state index contributed by atoms with van der Waals surface area (Å²) in [5.74, 6) is 0.467. The number of hydrogen-bond acceptors (Lipinski definition) is 5. The molecular weight excluding hydrogens is 252 g/mol. The van der Waals surface area contributed by atoms with Crippen LogP contribution >= 0.6 is 11.6 Å². The maximum Gasteiger partial charge on any atom is 0.322 e. The Kier molecular flexibility index (Phi) is 6.12. The zero-order chi connectivity index (χ0) is 13.5. The van der Waals surface area contributed by atoms with Gasteiger partial charge in [0.1, 0.15) is 0 Å². The smallest absolute Gasteiger partial charge is 0.322 e. The van der Waals surface area contributed by atoms with Gasteiger partial charge in [0.05, 0.1) is 6.10 Å². The van der Waals surface area contributed by atoms with E-state index in [1.165, 1.54) is 12.8 Å². The molecule has 0 aliphatic heterocycles. The van der Waals surface area contributed by atoms with E-state index in [9.17, 15) is 0 Å². The molecule has 1 N–H and O–H groups in total. The van der Waals surface area contributed by atoms with E-state index in [4.69, 9.17) is 16.3 Å². The minimum Gasteiger partial charge on any atom is -0.461 e. The van der Waals surface area contributed by atoms with E-state index in [0.29, 0.717) is 12.0 Å². The van der Waals surface area contributed by atoms with E-state index in [1.54, 1.807) is 0 Å². The first-order valence-corrected chi connectivity index (χ1v) is 6.73. The number of rotatable bonds is 7. The summed E-state index contributed by atoms with van der Waals surface area (Å²) in [5.41, 5.74) is 0. The van der Waals surface area contributed by atoms with Crippen LogP contribution in [0.4, 0.5) is 5.95 Å². The fourth-order valence-corrected chi connectivity index (χ4v) is 1.62. The Morgan fingerprint density at radius 1 is 1.22 bits per heavy atom. The fraction of sp³-hybridized carbons (Fsp3) is 0.750. The molecule has 0 aliphatic rings. The van der Waals surface area contributed by atoms with Crippen LogP contribution in [0.5, 0.6) is 6.01 Å². The molecule has 0 radical (unpaired) electrons. The highest BCUT2D eigenvalue weighted by Gasteiger charge is 2.09. The van der Waals surface area contributed by atoms with Crippen molar-refractivity contribution in [2.24, 2.45) is 0 Å². The van der Waals surface area contributed by atoms with Crippen molar-refractivity contribution in [1.29, 1.82) is 0 Å². The minimum atomic E-state index is 0.00818. The summed E-state index contributed by atoms with van der Waals surface area (Å²) in [4.78, 5) is 12.1. The van der Waals surface area contributed by atoms with Crippen molar-refractivity contribution in [1.82, 2.24) is 15.0 Å². The zero-order valence-electron chi connectivity index (χ0n) is 11.4. The third-order valence-corrected chi connectivity index (χ3v) is 2.46. The van der Waals surface area contributed by atoms with Gasteiger partial charge in [-0.15, -0.1) is 0 Å². The van der Waals surface area contributed by atoms with Crippen molar-refractivity contribution in [3.63, 3.8) is 0 Å². The Balaban J connectivity index is 2.67.